The molecule has 0 spiro atoms. The highest BCUT2D eigenvalue weighted by atomic mass is 28.4. The minimum Gasteiger partial charge on any atom is -0.465 e. The highest BCUT2D eigenvalue weighted by Crippen LogP contribution is 2.36. The van der Waals surface area contributed by atoms with Crippen molar-refractivity contribution in [2.75, 3.05) is 6.61 Å². The number of rotatable bonds is 7. The summed E-state index contributed by atoms with van der Waals surface area (Å²) >= 11 is 0. The lowest BCUT2D eigenvalue weighted by Gasteiger charge is -2.38. The molecule has 0 aliphatic rings. The van der Waals surface area contributed by atoms with Gasteiger partial charge in [0.2, 0.25) is 6.41 Å². The molecular weight excluding hydrogens is 310 g/mol. The molecule has 1 atom stereocenters. The number of nitrogens with zero attached hydrogens (tertiary/aromatic N) is 1. The minimum atomic E-state index is -2.01. The van der Waals surface area contributed by atoms with Crippen molar-refractivity contribution in [2.24, 2.45) is 0 Å². The molecule has 2 amide bonds. The van der Waals surface area contributed by atoms with E-state index in [1.807, 2.05) is 30.3 Å². The Morgan fingerprint density at radius 3 is 2.30 bits per heavy atom. The van der Waals surface area contributed by atoms with Crippen molar-refractivity contribution in [1.29, 1.82) is 0 Å². The third-order valence-corrected chi connectivity index (χ3v) is 8.99. The largest absolute Gasteiger partial charge is 0.465 e. The van der Waals surface area contributed by atoms with E-state index in [-0.39, 0.29) is 11.6 Å². The van der Waals surface area contributed by atoms with Crippen LogP contribution >= 0.6 is 0 Å². The predicted octanol–water partition coefficient (Wildman–Crippen LogP) is 3.76. The first-order valence-corrected chi connectivity index (χ1v) is 10.6. The smallest absolute Gasteiger partial charge is 0.414 e. The highest BCUT2D eigenvalue weighted by molar-refractivity contribution is 6.74. The van der Waals surface area contributed by atoms with Gasteiger partial charge in [0.25, 0.3) is 0 Å². The van der Waals surface area contributed by atoms with E-state index in [4.69, 9.17) is 4.43 Å². The van der Waals surface area contributed by atoms with E-state index >= 15 is 0 Å². The Morgan fingerprint density at radius 2 is 1.87 bits per heavy atom. The molecule has 1 aromatic carbocycles. The molecule has 1 unspecified atom stereocenters. The number of carbonyl (C=O) groups excluding carboxylic acids is 1. The van der Waals surface area contributed by atoms with Gasteiger partial charge in [0.05, 0.1) is 12.6 Å². The quantitative estimate of drug-likeness (QED) is 0.608. The molecule has 0 saturated carbocycles. The molecule has 0 heterocycles. The first kappa shape index (κ1) is 19.4. The van der Waals surface area contributed by atoms with Gasteiger partial charge in [-0.25, -0.2) is 9.69 Å². The Morgan fingerprint density at radius 1 is 1.30 bits per heavy atom. The van der Waals surface area contributed by atoms with Gasteiger partial charge in [-0.2, -0.15) is 0 Å². The van der Waals surface area contributed by atoms with Gasteiger partial charge in [0.15, 0.2) is 8.32 Å². The Labute approximate surface area is 139 Å². The summed E-state index contributed by atoms with van der Waals surface area (Å²) in [4.78, 5) is 23.3. The lowest BCUT2D eigenvalue weighted by Crippen LogP contribution is -2.48. The summed E-state index contributed by atoms with van der Waals surface area (Å²) in [6.45, 7) is 10.8. The Bertz CT molecular complexity index is 525. The molecule has 0 radical (unpaired) electrons. The van der Waals surface area contributed by atoms with Crippen LogP contribution in [0.3, 0.4) is 0 Å². The van der Waals surface area contributed by atoms with E-state index in [1.165, 1.54) is 0 Å². The normalized spacial score (nSPS) is 13.4. The molecule has 0 fully saturated rings. The molecule has 6 heteroatoms. The number of imide groups is 1. The molecule has 0 bridgehead atoms. The molecule has 0 aliphatic heterocycles. The lowest BCUT2D eigenvalue weighted by atomic mass is 10.1. The van der Waals surface area contributed by atoms with Gasteiger partial charge in [0.1, 0.15) is 0 Å². The van der Waals surface area contributed by atoms with Crippen LogP contribution in [0.1, 0.15) is 26.3 Å². The van der Waals surface area contributed by atoms with E-state index < -0.39 is 20.5 Å². The predicted molar refractivity (Wildman–Crippen MR) is 93.0 cm³/mol. The second kappa shape index (κ2) is 7.74. The van der Waals surface area contributed by atoms with Gasteiger partial charge in [-0.1, -0.05) is 51.1 Å². The average Bonchev–Trinajstić information content (AvgIpc) is 2.45. The SMILES string of the molecule is CC(C)(C)[Si](C)(C)OCC(Cc1ccccc1)N(C=O)C(=O)O. The molecule has 128 valence electrons. The number of amides is 2. The van der Waals surface area contributed by atoms with E-state index in [1.54, 1.807) is 0 Å². The van der Waals surface area contributed by atoms with Crippen molar-refractivity contribution in [3.63, 3.8) is 0 Å². The molecule has 0 saturated heterocycles. The first-order valence-electron chi connectivity index (χ1n) is 7.73. The van der Waals surface area contributed by atoms with Crippen molar-refractivity contribution in [3.05, 3.63) is 35.9 Å². The summed E-state index contributed by atoms with van der Waals surface area (Å²) in [7, 11) is -2.01. The van der Waals surface area contributed by atoms with E-state index in [0.717, 1.165) is 10.5 Å². The maximum Gasteiger partial charge on any atom is 0.414 e. The van der Waals surface area contributed by atoms with Gasteiger partial charge in [-0.15, -0.1) is 0 Å². The van der Waals surface area contributed by atoms with Crippen LogP contribution in [0.15, 0.2) is 30.3 Å². The fraction of sp³-hybridized carbons (Fsp3) is 0.529. The van der Waals surface area contributed by atoms with Crippen molar-refractivity contribution >= 4 is 20.8 Å². The Hall–Kier alpha value is -1.66. The first-order chi connectivity index (χ1) is 10.6. The van der Waals surface area contributed by atoms with Crippen LogP contribution < -0.4 is 0 Å². The number of benzene rings is 1. The zero-order valence-corrected chi connectivity index (χ0v) is 15.6. The second-order valence-electron chi connectivity index (χ2n) is 7.21. The van der Waals surface area contributed by atoms with Gasteiger partial charge in [-0.3, -0.25) is 4.79 Å². The van der Waals surface area contributed by atoms with Gasteiger partial charge in [0, 0.05) is 0 Å². The number of carboxylic acid groups (broad SMARTS) is 1. The lowest BCUT2D eigenvalue weighted by molar-refractivity contribution is -0.118. The maximum absolute atomic E-state index is 11.3. The van der Waals surface area contributed by atoms with E-state index in [9.17, 15) is 14.7 Å². The molecule has 5 nitrogen and oxygen atoms in total. The summed E-state index contributed by atoms with van der Waals surface area (Å²) in [5, 5.41) is 9.29. The molecular formula is C17H27NO4Si. The Balaban J connectivity index is 2.92. The van der Waals surface area contributed by atoms with Crippen molar-refractivity contribution in [1.82, 2.24) is 4.90 Å². The zero-order chi connectivity index (χ0) is 17.7. The molecule has 1 rings (SSSR count). The third kappa shape index (κ3) is 5.48. The number of hydrogen-bond donors (Lipinski definition) is 1. The fourth-order valence-electron chi connectivity index (χ4n) is 1.93. The summed E-state index contributed by atoms with van der Waals surface area (Å²) < 4.78 is 6.14. The van der Waals surface area contributed by atoms with Gasteiger partial charge < -0.3 is 9.53 Å². The topological polar surface area (TPSA) is 66.8 Å². The van der Waals surface area contributed by atoms with Crippen LogP contribution in [0, 0.1) is 0 Å². The Kier molecular flexibility index (Phi) is 6.53. The second-order valence-corrected chi connectivity index (χ2v) is 12.0. The minimum absolute atomic E-state index is 0.0273. The van der Waals surface area contributed by atoms with Gasteiger partial charge in [-0.05, 0) is 30.1 Å². The van der Waals surface area contributed by atoms with Crippen LogP contribution in [-0.2, 0) is 15.6 Å². The van der Waals surface area contributed by atoms with Crippen molar-refractivity contribution in [2.45, 2.75) is 51.4 Å². The van der Waals surface area contributed by atoms with Gasteiger partial charge >= 0.3 is 6.09 Å². The van der Waals surface area contributed by atoms with E-state index in [2.05, 4.69) is 33.9 Å². The number of carbonyl (C=O) groups is 2. The highest BCUT2D eigenvalue weighted by Gasteiger charge is 2.38. The summed E-state index contributed by atoms with van der Waals surface area (Å²) in [6, 6.07) is 9.01. The molecule has 1 aromatic rings. The van der Waals surface area contributed by atoms with Crippen molar-refractivity contribution in [3.8, 4) is 0 Å². The van der Waals surface area contributed by atoms with Crippen LogP contribution in [0.2, 0.25) is 18.1 Å². The van der Waals surface area contributed by atoms with Crippen molar-refractivity contribution < 1.29 is 19.1 Å². The summed E-state index contributed by atoms with van der Waals surface area (Å²) in [5.74, 6) is 0. The maximum atomic E-state index is 11.3. The summed E-state index contributed by atoms with van der Waals surface area (Å²) in [5.41, 5.74) is 0.976. The monoisotopic (exact) mass is 337 g/mol. The van der Waals surface area contributed by atoms with E-state index in [0.29, 0.717) is 12.8 Å². The molecule has 0 aliphatic carbocycles. The average molecular weight is 337 g/mol. The number of hydrogen-bond acceptors (Lipinski definition) is 3. The summed E-state index contributed by atoms with van der Waals surface area (Å²) in [6.07, 6.45) is -0.439. The van der Waals surface area contributed by atoms with Crippen LogP contribution in [0.25, 0.3) is 0 Å². The van der Waals surface area contributed by atoms with Crippen LogP contribution in [-0.4, -0.2) is 43.5 Å². The molecule has 1 N–H and O–H groups in total. The standard InChI is InChI=1S/C17H27NO4Si/c1-17(2,3)23(4,5)22-12-15(18(13-19)16(20)21)11-14-9-7-6-8-10-14/h6-10,13,15H,11-12H2,1-5H3,(H,20,21). The fourth-order valence-corrected chi connectivity index (χ4v) is 2.97. The molecule has 0 aromatic heterocycles. The van der Waals surface area contributed by atoms with Crippen LogP contribution in [0.5, 0.6) is 0 Å². The third-order valence-electron chi connectivity index (χ3n) is 4.48. The molecule has 23 heavy (non-hydrogen) atoms. The zero-order valence-electron chi connectivity index (χ0n) is 14.6. The van der Waals surface area contributed by atoms with Crippen LogP contribution in [0.4, 0.5) is 4.79 Å².